The quantitative estimate of drug-likeness (QED) is 0.0516. The smallest absolute Gasteiger partial charge is 0.334 e. The van der Waals surface area contributed by atoms with Crippen LogP contribution in [0.15, 0.2) is 127 Å². The van der Waals surface area contributed by atoms with Gasteiger partial charge in [-0.2, -0.15) is 0 Å². The zero-order valence-corrected chi connectivity index (χ0v) is 66.4. The number of primary amides is 1. The Labute approximate surface area is 697 Å². The van der Waals surface area contributed by atoms with E-state index in [9.17, 15) is 84.9 Å². The fourth-order valence-electron chi connectivity index (χ4n) is 14.6. The summed E-state index contributed by atoms with van der Waals surface area (Å²) in [6.07, 6.45) is -18.5. The third-order valence-corrected chi connectivity index (χ3v) is 21.7. The maximum absolute atomic E-state index is 16.2. The summed E-state index contributed by atoms with van der Waals surface area (Å²) in [5.41, 5.74) is 9.73. The van der Waals surface area contributed by atoms with E-state index in [1.54, 1.807) is 38.1 Å². The van der Waals surface area contributed by atoms with E-state index in [0.717, 1.165) is 83.9 Å². The highest BCUT2D eigenvalue weighted by molar-refractivity contribution is 6.32. The van der Waals surface area contributed by atoms with Crippen LogP contribution in [0.3, 0.4) is 0 Å². The number of aliphatic hydroxyl groups excluding tert-OH is 5. The number of amides is 7. The topological polar surface area (TPSA) is 577 Å². The second-order valence-electron chi connectivity index (χ2n) is 30.3. The zero-order chi connectivity index (χ0) is 86.8. The minimum absolute atomic E-state index is 0.0488. The molecule has 7 heterocycles. The molecule has 11 bridgehead atoms. The average Bonchev–Trinajstić information content (AvgIpc) is 0.762. The number of carbonyl (C=O) groups is 9. The second kappa shape index (κ2) is 36.5. The number of aliphatic carboxylic acids is 2. The number of phenolic OH excluding ortho intramolecular Hbond substituents is 3. The Kier molecular flexibility index (Phi) is 26.8. The van der Waals surface area contributed by atoms with Gasteiger partial charge in [0.2, 0.25) is 53.4 Å². The van der Waals surface area contributed by atoms with Crippen molar-refractivity contribution in [3.63, 3.8) is 0 Å². The molecule has 36 nitrogen and oxygen atoms in total. The van der Waals surface area contributed by atoms with Crippen LogP contribution < -0.4 is 62.9 Å². The zero-order valence-electron chi connectivity index (χ0n) is 64.1. The second-order valence-corrected chi connectivity index (χ2v) is 31.5. The predicted molar refractivity (Wildman–Crippen MR) is 421 cm³/mol. The van der Waals surface area contributed by atoms with E-state index >= 15 is 14.4 Å². The Hall–Kier alpha value is -11.0. The lowest BCUT2D eigenvalue weighted by molar-refractivity contribution is -0.374. The van der Waals surface area contributed by atoms with Gasteiger partial charge in [-0.15, -0.1) is 0 Å². The first-order valence-electron chi connectivity index (χ1n) is 37.5. The monoisotopic (exact) mass is 1720 g/mol. The van der Waals surface area contributed by atoms with Crippen molar-refractivity contribution >= 4 is 88.1 Å². The molecule has 7 aromatic rings. The number of hydrogen-bond donors (Lipinski definition) is 20. The van der Waals surface area contributed by atoms with Crippen LogP contribution in [0.1, 0.15) is 117 Å². The minimum Gasteiger partial charge on any atom is -0.508 e. The van der Waals surface area contributed by atoms with Crippen molar-refractivity contribution in [2.45, 2.75) is 169 Å². The Morgan fingerprint density at radius 3 is 1.88 bits per heavy atom. The third-order valence-electron chi connectivity index (χ3n) is 20.9. The lowest BCUT2D eigenvalue weighted by atomic mass is 9.84. The van der Waals surface area contributed by atoms with Crippen molar-refractivity contribution in [2.75, 3.05) is 13.2 Å². The van der Waals surface area contributed by atoms with Crippen molar-refractivity contribution in [3.8, 4) is 68.2 Å². The molecule has 638 valence electrons. The highest BCUT2D eigenvalue weighted by Crippen LogP contribution is 2.50. The van der Waals surface area contributed by atoms with E-state index in [0.29, 0.717) is 10.6 Å². The Balaban J connectivity index is 1.01. The number of halogens is 3. The number of carbonyl (C=O) groups excluding carboxylic acids is 7. The number of nitrogens with one attached hydrogen (secondary N) is 7. The summed E-state index contributed by atoms with van der Waals surface area (Å²) in [6.45, 7) is 4.65. The van der Waals surface area contributed by atoms with Crippen LogP contribution >= 0.6 is 34.8 Å². The van der Waals surface area contributed by atoms with Gasteiger partial charge in [-0.05, 0) is 132 Å². The Morgan fingerprint density at radius 2 is 1.27 bits per heavy atom. The van der Waals surface area contributed by atoms with Crippen molar-refractivity contribution in [3.05, 3.63) is 176 Å². The fourth-order valence-corrected chi connectivity index (χ4v) is 15.2. The number of ether oxygens (including phenoxy) is 7. The molecule has 2 fully saturated rings. The van der Waals surface area contributed by atoms with Crippen LogP contribution in [0.2, 0.25) is 15.1 Å². The molecule has 7 aromatic carbocycles. The largest absolute Gasteiger partial charge is 0.508 e. The molecular weight excluding hydrogens is 1640 g/mol. The van der Waals surface area contributed by atoms with Gasteiger partial charge in [-0.25, -0.2) is 9.59 Å². The fraction of sp³-hybridized carbons (Fsp3) is 0.370. The molecule has 0 saturated carbocycles. The molecule has 22 N–H and O–H groups in total. The van der Waals surface area contributed by atoms with Gasteiger partial charge in [0.15, 0.2) is 35.7 Å². The molecule has 11 unspecified atom stereocenters. The number of phenols is 3. The highest BCUT2D eigenvalue weighted by Gasteiger charge is 2.53. The van der Waals surface area contributed by atoms with Gasteiger partial charge in [0.05, 0.1) is 54.0 Å². The normalized spacial score (nSPS) is 26.8. The summed E-state index contributed by atoms with van der Waals surface area (Å²) in [6, 6.07) is 12.6. The van der Waals surface area contributed by atoms with Crippen LogP contribution in [0.4, 0.5) is 0 Å². The van der Waals surface area contributed by atoms with E-state index in [2.05, 4.69) is 37.2 Å². The van der Waals surface area contributed by atoms with Crippen molar-refractivity contribution in [1.82, 2.24) is 37.2 Å². The highest BCUT2D eigenvalue weighted by atomic mass is 35.5. The first-order chi connectivity index (χ1) is 56.8. The lowest BCUT2D eigenvalue weighted by Crippen LogP contribution is -2.65. The third kappa shape index (κ3) is 19.7. The van der Waals surface area contributed by atoms with Crippen LogP contribution in [0.5, 0.6) is 46.0 Å². The van der Waals surface area contributed by atoms with Crippen molar-refractivity contribution in [1.29, 1.82) is 0 Å². The van der Waals surface area contributed by atoms with Crippen LogP contribution in [0.25, 0.3) is 22.3 Å². The Morgan fingerprint density at radius 1 is 0.675 bits per heavy atom. The van der Waals surface area contributed by atoms with Gasteiger partial charge < -0.3 is 138 Å². The summed E-state index contributed by atoms with van der Waals surface area (Å²) < 4.78 is 44.9. The van der Waals surface area contributed by atoms with Gasteiger partial charge in [-0.3, -0.25) is 33.6 Å². The number of rotatable bonds is 20. The molecule has 120 heavy (non-hydrogen) atoms. The molecule has 18 atom stereocenters. The van der Waals surface area contributed by atoms with E-state index < -0.39 is 272 Å². The number of hydrogen-bond acceptors (Lipinski definition) is 27. The number of aliphatic hydroxyl groups is 6. The Bertz CT molecular complexity index is 5110. The summed E-state index contributed by atoms with van der Waals surface area (Å²) >= 11 is 20.3. The van der Waals surface area contributed by atoms with E-state index in [4.69, 9.17) is 79.4 Å². The number of carboxylic acids is 2. The number of benzene rings is 7. The van der Waals surface area contributed by atoms with Gasteiger partial charge in [0.25, 0.3) is 0 Å². The maximum Gasteiger partial charge on any atom is 0.334 e. The predicted octanol–water partition coefficient (Wildman–Crippen LogP) is 3.82. The molecule has 0 spiro atoms. The summed E-state index contributed by atoms with van der Waals surface area (Å²) in [5.74, 6) is -21.1. The molecule has 2 saturated heterocycles. The van der Waals surface area contributed by atoms with E-state index in [1.807, 2.05) is 24.3 Å². The molecule has 14 rings (SSSR count). The van der Waals surface area contributed by atoms with Gasteiger partial charge in [0.1, 0.15) is 77.3 Å². The van der Waals surface area contributed by atoms with Crippen LogP contribution in [-0.2, 0) is 68.7 Å². The summed E-state index contributed by atoms with van der Waals surface area (Å²) in [4.78, 5) is 130. The SMILES string of the molecule is CC(C)C[C@@H](N)C(=O)NC1C(=O)N[C@@H](CC(N)=O)C(=O)N[C@H]2C(=O)NC3C(=O)N[C@H](C(=O)N[C@@H](C(=O)O)c4cc(O)cc(O)c4-c4cc3ccc4O)[C@H](O)c3ccc(c(Cl)c3)Oc3cc2cc(c3OC2OC(O)(CO)CC(O)C2OC2CC(C)(NCC(OCc3ccc(-c4ccc(Cl)cc4)cc3)C(=O)O)C(O)C(C)O2)Oc2ccc(cc2Cl)[C@H]1O. The molecule has 7 aliphatic rings. The molecule has 0 aliphatic carbocycles. The number of nitrogens with two attached hydrogens (primary N) is 2. The van der Waals surface area contributed by atoms with Gasteiger partial charge in [0, 0.05) is 52.7 Å². The maximum atomic E-state index is 16.2. The van der Waals surface area contributed by atoms with Gasteiger partial charge in [-0.1, -0.05) is 103 Å². The standard InChI is InChI=1S/C81H86Cl3N9O27/c1-33(2)19-48(85)71(103)92-64-66(100)39-12-17-53(46(83)21-39)116-55-23-41-24-56(69(55)119-79-68(52(98)28-81(113,32-94)120-79)118-59-29-80(4,70(102)34(3)115-59)87-30-57(77(109)110)114-31-35-5-7-36(8-6-35)37-9-14-42(82)15-10-37)117-54-18-13-40(22-47(54)84)67(101)65-76(108)91-63(78(111)112)45-25-43(95)26-51(97)60(45)44-20-38(11-16-50(44)96)61(73(105)93-65)90-74(106)62(41)89-72(104)49(27-58(86)99)88-75(64)107/h5-18,20-26,33-34,48-49,52,57,59,61-68,70,79,87,94-98,100-102,113H,19,27-32,85H2,1-4H3,(H2,86,99)(H,88,107)(H,89,104)(H,90,106)(H,91,108)(H,92,103)(H,93,105)(H,109,110)(H,111,112)/t34?,48-,49+,52?,57?,59?,61?,62-,63-,64?,65+,66-,67-,68?,70?,79?,80?,81?/m1/s1. The number of carboxylic acid groups (broad SMARTS) is 2. The molecule has 7 aliphatic heterocycles. The molecule has 0 aromatic heterocycles. The van der Waals surface area contributed by atoms with Gasteiger partial charge >= 0.3 is 11.9 Å². The molecular formula is C81H86Cl3N9O27. The minimum atomic E-state index is -2.74. The van der Waals surface area contributed by atoms with Crippen LogP contribution in [-0.4, -0.2) is 201 Å². The van der Waals surface area contributed by atoms with E-state index in [1.165, 1.54) is 19.9 Å². The van der Waals surface area contributed by atoms with Crippen molar-refractivity contribution in [2.24, 2.45) is 17.4 Å². The van der Waals surface area contributed by atoms with Crippen LogP contribution in [0, 0.1) is 5.92 Å². The lowest BCUT2D eigenvalue weighted by Gasteiger charge is -2.48. The number of aromatic hydroxyl groups is 3. The van der Waals surface area contributed by atoms with E-state index in [-0.39, 0.29) is 36.5 Å². The molecule has 7 amide bonds. The molecule has 0 radical (unpaired) electrons. The summed E-state index contributed by atoms with van der Waals surface area (Å²) in [7, 11) is 0. The first kappa shape index (κ1) is 88.3. The number of fused-ring (bicyclic) bond motifs is 15. The first-order valence-corrected chi connectivity index (χ1v) is 38.7. The summed E-state index contributed by atoms with van der Waals surface area (Å²) in [5, 5.41) is 144. The molecule has 39 heteroatoms. The van der Waals surface area contributed by atoms with Crippen molar-refractivity contribution < 1.29 is 132 Å². The average molecular weight is 1720 g/mol.